The molecule has 0 rings (SSSR count). The van der Waals surface area contributed by atoms with E-state index in [0.29, 0.717) is 17.4 Å². The number of carbonyl (C=O) groups excluding carboxylic acids is 2. The largest absolute Gasteiger partial charge is 0.756 e. The minimum absolute atomic E-state index is 0.0308. The highest BCUT2D eigenvalue weighted by Crippen LogP contribution is 2.38. The zero-order valence-corrected chi connectivity index (χ0v) is 51.3. The topological polar surface area (TPSA) is 111 Å². The predicted octanol–water partition coefficient (Wildman–Crippen LogP) is 19.6. The number of allylic oxidation sites excluding steroid dienone is 10. The number of hydrogen-bond acceptors (Lipinski definition) is 8. The van der Waals surface area contributed by atoms with Crippen LogP contribution in [-0.4, -0.2) is 70.0 Å². The van der Waals surface area contributed by atoms with E-state index in [-0.39, 0.29) is 32.0 Å². The lowest BCUT2D eigenvalue weighted by atomic mass is 10.0. The number of likely N-dealkylation sites (N-methyl/N-ethyl adjacent to an activating group) is 1. The average molecular weight is 1090 g/mol. The van der Waals surface area contributed by atoms with E-state index in [1.54, 1.807) is 0 Å². The monoisotopic (exact) mass is 1090 g/mol. The van der Waals surface area contributed by atoms with Crippen LogP contribution in [0.1, 0.15) is 296 Å². The summed E-state index contributed by atoms with van der Waals surface area (Å²) in [5, 5.41) is 0. The molecule has 10 heteroatoms. The summed E-state index contributed by atoms with van der Waals surface area (Å²) >= 11 is 0. The van der Waals surface area contributed by atoms with Gasteiger partial charge in [0, 0.05) is 12.8 Å². The summed E-state index contributed by atoms with van der Waals surface area (Å²) in [4.78, 5) is 37.8. The van der Waals surface area contributed by atoms with Crippen molar-refractivity contribution in [2.24, 2.45) is 0 Å². The van der Waals surface area contributed by atoms with E-state index in [1.807, 2.05) is 21.1 Å². The van der Waals surface area contributed by atoms with E-state index in [4.69, 9.17) is 18.5 Å². The van der Waals surface area contributed by atoms with Gasteiger partial charge in [0.15, 0.2) is 6.10 Å². The molecule has 444 valence electrons. The van der Waals surface area contributed by atoms with Crippen LogP contribution >= 0.6 is 7.82 Å². The fraction of sp³-hybridized carbons (Fsp3) is 0.818. The van der Waals surface area contributed by atoms with Crippen LogP contribution in [0.25, 0.3) is 0 Å². The van der Waals surface area contributed by atoms with Crippen LogP contribution in [0.15, 0.2) is 60.8 Å². The second kappa shape index (κ2) is 57.4. The molecule has 0 aromatic heterocycles. The van der Waals surface area contributed by atoms with Gasteiger partial charge in [-0.25, -0.2) is 0 Å². The summed E-state index contributed by atoms with van der Waals surface area (Å²) in [5.41, 5.74) is 0. The normalized spacial score (nSPS) is 13.6. The third kappa shape index (κ3) is 60.9. The Bertz CT molecular complexity index is 1470. The molecule has 0 aliphatic heterocycles. The second-order valence-corrected chi connectivity index (χ2v) is 24.2. The highest BCUT2D eigenvalue weighted by Gasteiger charge is 2.22. The first-order chi connectivity index (χ1) is 37.0. The second-order valence-electron chi connectivity index (χ2n) is 22.7. The number of esters is 2. The number of ether oxygens (including phenoxy) is 2. The van der Waals surface area contributed by atoms with Crippen molar-refractivity contribution >= 4 is 19.8 Å². The molecule has 0 bridgehead atoms. The molecule has 0 amide bonds. The Kier molecular flexibility index (Phi) is 55.7. The molecular formula is C66H122NO8P. The van der Waals surface area contributed by atoms with Gasteiger partial charge in [-0.15, -0.1) is 0 Å². The van der Waals surface area contributed by atoms with Crippen LogP contribution in [-0.2, 0) is 32.7 Å². The molecular weight excluding hydrogens is 966 g/mol. The van der Waals surface area contributed by atoms with Crippen molar-refractivity contribution < 1.29 is 42.1 Å². The van der Waals surface area contributed by atoms with Crippen molar-refractivity contribution in [3.8, 4) is 0 Å². The fourth-order valence-electron chi connectivity index (χ4n) is 9.12. The molecule has 0 spiro atoms. The molecule has 0 aliphatic carbocycles. The van der Waals surface area contributed by atoms with Crippen molar-refractivity contribution in [3.05, 3.63) is 60.8 Å². The van der Waals surface area contributed by atoms with Gasteiger partial charge in [-0.3, -0.25) is 14.2 Å². The lowest BCUT2D eigenvalue weighted by Crippen LogP contribution is -2.37. The summed E-state index contributed by atoms with van der Waals surface area (Å²) in [6, 6.07) is 0. The van der Waals surface area contributed by atoms with Crippen molar-refractivity contribution in [2.45, 2.75) is 302 Å². The predicted molar refractivity (Wildman–Crippen MR) is 323 cm³/mol. The molecule has 2 atom stereocenters. The van der Waals surface area contributed by atoms with Crippen LogP contribution in [0.4, 0.5) is 0 Å². The number of phosphoric acid groups is 1. The fourth-order valence-corrected chi connectivity index (χ4v) is 9.84. The van der Waals surface area contributed by atoms with E-state index in [9.17, 15) is 19.0 Å². The Labute approximate surface area is 470 Å². The van der Waals surface area contributed by atoms with Gasteiger partial charge in [0.05, 0.1) is 27.7 Å². The molecule has 0 aromatic rings. The van der Waals surface area contributed by atoms with E-state index in [0.717, 1.165) is 77.0 Å². The van der Waals surface area contributed by atoms with Crippen LogP contribution in [0.2, 0.25) is 0 Å². The van der Waals surface area contributed by atoms with E-state index in [2.05, 4.69) is 74.6 Å². The number of unbranched alkanes of at least 4 members (excludes halogenated alkanes) is 35. The summed E-state index contributed by atoms with van der Waals surface area (Å²) in [6.07, 6.45) is 74.6. The number of phosphoric ester groups is 1. The zero-order valence-electron chi connectivity index (χ0n) is 50.5. The first-order valence-corrected chi connectivity index (χ1v) is 33.5. The van der Waals surface area contributed by atoms with Gasteiger partial charge in [0.1, 0.15) is 19.8 Å². The quantitative estimate of drug-likeness (QED) is 0.0195. The maximum atomic E-state index is 12.8. The molecule has 0 saturated heterocycles. The number of nitrogens with zero attached hydrogens (tertiary/aromatic N) is 1. The Morgan fingerprint density at radius 3 is 1.13 bits per heavy atom. The van der Waals surface area contributed by atoms with Crippen molar-refractivity contribution in [1.82, 2.24) is 0 Å². The molecule has 0 aliphatic rings. The van der Waals surface area contributed by atoms with E-state index in [1.165, 1.54) is 186 Å². The maximum Gasteiger partial charge on any atom is 0.306 e. The van der Waals surface area contributed by atoms with Crippen LogP contribution < -0.4 is 4.89 Å². The maximum absolute atomic E-state index is 12.8. The molecule has 0 aromatic carbocycles. The highest BCUT2D eigenvalue weighted by molar-refractivity contribution is 7.45. The van der Waals surface area contributed by atoms with Crippen LogP contribution in [0.5, 0.6) is 0 Å². The molecule has 0 radical (unpaired) electrons. The summed E-state index contributed by atoms with van der Waals surface area (Å²) in [7, 11) is 1.17. The Balaban J connectivity index is 3.88. The van der Waals surface area contributed by atoms with Gasteiger partial charge >= 0.3 is 11.9 Å². The Morgan fingerprint density at radius 1 is 0.421 bits per heavy atom. The molecule has 0 saturated carbocycles. The molecule has 9 nitrogen and oxygen atoms in total. The number of carbonyl (C=O) groups is 2. The van der Waals surface area contributed by atoms with Gasteiger partial charge < -0.3 is 27.9 Å². The standard InChI is InChI=1S/C66H122NO8P/c1-6-8-10-12-14-16-18-20-21-22-23-24-25-26-27-28-29-30-31-32-33-34-35-36-37-38-39-40-41-42-43-44-45-47-49-51-53-55-57-59-66(69)75-64(63-74-76(70,71)73-61-60-67(3,4)5)62-72-65(68)58-56-54-52-50-48-46-19-17-15-13-11-9-7-2/h8,10,14,16-17,19-21,23-24,64H,6-7,9,11-13,15,18,22,25-63H2,1-5H3/b10-8-,16-14-,19-17-,21-20-,24-23-. The lowest BCUT2D eigenvalue weighted by Gasteiger charge is -2.28. The van der Waals surface area contributed by atoms with Crippen LogP contribution in [0, 0.1) is 0 Å². The Morgan fingerprint density at radius 2 is 0.750 bits per heavy atom. The SMILES string of the molecule is CC/C=C\C/C=C\C/C=C\C/C=C\CCCCCCCCCCCCCCCCCCCCCCCCCCCCC(=O)OC(COC(=O)CCCCCCC/C=C\CCCCCC)COP(=O)([O-])OCC[N+](C)(C)C. The number of quaternary nitrogens is 1. The molecule has 0 N–H and O–H groups in total. The minimum atomic E-state index is -4.63. The van der Waals surface area contributed by atoms with Gasteiger partial charge in [-0.2, -0.15) is 0 Å². The first-order valence-electron chi connectivity index (χ1n) is 32.0. The summed E-state index contributed by atoms with van der Waals surface area (Å²) in [6.45, 7) is 4.13. The highest BCUT2D eigenvalue weighted by atomic mass is 31.2. The third-order valence-electron chi connectivity index (χ3n) is 14.0. The van der Waals surface area contributed by atoms with Gasteiger partial charge in [0.25, 0.3) is 7.82 Å². The third-order valence-corrected chi connectivity index (χ3v) is 15.0. The molecule has 0 fully saturated rings. The van der Waals surface area contributed by atoms with Gasteiger partial charge in [0.2, 0.25) is 0 Å². The lowest BCUT2D eigenvalue weighted by molar-refractivity contribution is -0.870. The average Bonchev–Trinajstić information content (AvgIpc) is 3.38. The van der Waals surface area contributed by atoms with E-state index < -0.39 is 26.5 Å². The number of hydrogen-bond donors (Lipinski definition) is 0. The van der Waals surface area contributed by atoms with Gasteiger partial charge in [-0.1, -0.05) is 267 Å². The van der Waals surface area contributed by atoms with Crippen molar-refractivity contribution in [1.29, 1.82) is 0 Å². The van der Waals surface area contributed by atoms with E-state index >= 15 is 0 Å². The van der Waals surface area contributed by atoms with Crippen molar-refractivity contribution in [2.75, 3.05) is 47.5 Å². The van der Waals surface area contributed by atoms with Crippen molar-refractivity contribution in [3.63, 3.8) is 0 Å². The summed E-state index contributed by atoms with van der Waals surface area (Å²) < 4.78 is 34.1. The smallest absolute Gasteiger partial charge is 0.306 e. The zero-order chi connectivity index (χ0) is 55.6. The molecule has 2 unspecified atom stereocenters. The van der Waals surface area contributed by atoms with Gasteiger partial charge in [-0.05, 0) is 77.0 Å². The Hall–Kier alpha value is -2.29. The molecule has 0 heterocycles. The molecule has 76 heavy (non-hydrogen) atoms. The first kappa shape index (κ1) is 73.7. The summed E-state index contributed by atoms with van der Waals surface area (Å²) in [5.74, 6) is -0.832. The minimum Gasteiger partial charge on any atom is -0.756 e. The number of rotatable bonds is 59. The van der Waals surface area contributed by atoms with Crippen LogP contribution in [0.3, 0.4) is 0 Å².